The van der Waals surface area contributed by atoms with Crippen LogP contribution in [0.3, 0.4) is 0 Å². The number of nitrogens with zero attached hydrogens (tertiary/aromatic N) is 1. The van der Waals surface area contributed by atoms with Crippen LogP contribution in [0, 0.1) is 0 Å². The average Bonchev–Trinajstić information content (AvgIpc) is 2.53. The highest BCUT2D eigenvalue weighted by Gasteiger charge is 1.98. The second-order valence-electron chi connectivity index (χ2n) is 2.83. The topological polar surface area (TPSA) is 12.5 Å². The second kappa shape index (κ2) is 5.30. The van der Waals surface area contributed by atoms with Crippen LogP contribution in [0.5, 0.6) is 0 Å². The van der Waals surface area contributed by atoms with E-state index >= 15 is 0 Å². The zero-order valence-corrected chi connectivity index (χ0v) is 8.43. The van der Waals surface area contributed by atoms with E-state index in [1.54, 1.807) is 7.11 Å². The van der Waals surface area contributed by atoms with E-state index in [1.807, 2.05) is 11.3 Å². The predicted molar refractivity (Wildman–Crippen MR) is 52.5 cm³/mol. The van der Waals surface area contributed by atoms with Crippen molar-refractivity contribution in [3.63, 3.8) is 0 Å². The average molecular weight is 185 g/mol. The first-order valence-corrected chi connectivity index (χ1v) is 4.90. The molecule has 1 rings (SSSR count). The maximum atomic E-state index is 5.00. The van der Waals surface area contributed by atoms with Crippen LogP contribution in [0.2, 0.25) is 0 Å². The van der Waals surface area contributed by atoms with Crippen molar-refractivity contribution in [1.82, 2.24) is 4.90 Å². The fourth-order valence-corrected chi connectivity index (χ4v) is 1.74. The van der Waals surface area contributed by atoms with E-state index < -0.39 is 0 Å². The molecule has 0 atom stereocenters. The fraction of sp³-hybridized carbons (Fsp3) is 0.556. The van der Waals surface area contributed by atoms with Crippen LogP contribution < -0.4 is 0 Å². The smallest absolute Gasteiger partial charge is 0.0984 e. The van der Waals surface area contributed by atoms with Crippen molar-refractivity contribution >= 4 is 11.3 Å². The normalized spacial score (nSPS) is 10.9. The first-order valence-electron chi connectivity index (χ1n) is 4.03. The molecule has 1 heterocycles. The lowest BCUT2D eigenvalue weighted by molar-refractivity contribution is 0.0828. The summed E-state index contributed by atoms with van der Waals surface area (Å²) in [4.78, 5) is 3.61. The van der Waals surface area contributed by atoms with Crippen LogP contribution >= 0.6 is 11.3 Å². The van der Waals surface area contributed by atoms with Crippen LogP contribution in [-0.2, 0) is 11.2 Å². The molecule has 0 aromatic carbocycles. The van der Waals surface area contributed by atoms with Crippen molar-refractivity contribution in [3.8, 4) is 0 Å². The van der Waals surface area contributed by atoms with Gasteiger partial charge in [0.1, 0.15) is 0 Å². The summed E-state index contributed by atoms with van der Waals surface area (Å²) in [6.07, 6.45) is 1.12. The number of methoxy groups -OCH3 is 1. The largest absolute Gasteiger partial charge is 0.369 e. The van der Waals surface area contributed by atoms with Crippen LogP contribution in [0.15, 0.2) is 17.5 Å². The van der Waals surface area contributed by atoms with Crippen molar-refractivity contribution in [2.45, 2.75) is 6.42 Å². The highest BCUT2D eigenvalue weighted by molar-refractivity contribution is 7.09. The van der Waals surface area contributed by atoms with Gasteiger partial charge in [0.15, 0.2) is 0 Å². The van der Waals surface area contributed by atoms with Gasteiger partial charge >= 0.3 is 0 Å². The molecule has 0 radical (unpaired) electrons. The summed E-state index contributed by atoms with van der Waals surface area (Å²) in [5.41, 5.74) is 0. The highest BCUT2D eigenvalue weighted by Crippen LogP contribution is 2.09. The Bertz CT molecular complexity index is 198. The van der Waals surface area contributed by atoms with Gasteiger partial charge in [0, 0.05) is 18.5 Å². The molecule has 68 valence electrons. The Balaban J connectivity index is 2.17. The van der Waals surface area contributed by atoms with Crippen LogP contribution in [0.1, 0.15) is 4.88 Å². The molecule has 12 heavy (non-hydrogen) atoms. The number of thiophene rings is 1. The predicted octanol–water partition coefficient (Wildman–Crippen LogP) is 1.83. The molecule has 0 aliphatic carbocycles. The van der Waals surface area contributed by atoms with Gasteiger partial charge in [-0.25, -0.2) is 0 Å². The van der Waals surface area contributed by atoms with E-state index in [-0.39, 0.29) is 0 Å². The number of likely N-dealkylation sites (N-methyl/N-ethyl adjacent to an activating group) is 1. The van der Waals surface area contributed by atoms with Crippen molar-refractivity contribution in [1.29, 1.82) is 0 Å². The van der Waals surface area contributed by atoms with Crippen molar-refractivity contribution in [3.05, 3.63) is 22.4 Å². The van der Waals surface area contributed by atoms with E-state index in [1.165, 1.54) is 4.88 Å². The quantitative estimate of drug-likeness (QED) is 0.649. The summed E-state index contributed by atoms with van der Waals surface area (Å²) in [5.74, 6) is 0. The molecule has 0 saturated carbocycles. The number of hydrogen-bond donors (Lipinski definition) is 0. The molecule has 1 aromatic heterocycles. The molecule has 0 aliphatic heterocycles. The van der Waals surface area contributed by atoms with Crippen LogP contribution in [-0.4, -0.2) is 32.3 Å². The van der Waals surface area contributed by atoms with Crippen molar-refractivity contribution < 1.29 is 4.74 Å². The second-order valence-corrected chi connectivity index (χ2v) is 3.86. The number of hydrogen-bond acceptors (Lipinski definition) is 3. The molecular formula is C9H15NOS. The van der Waals surface area contributed by atoms with Gasteiger partial charge in [-0.1, -0.05) is 6.07 Å². The third kappa shape index (κ3) is 3.34. The maximum absolute atomic E-state index is 5.00. The lowest BCUT2D eigenvalue weighted by Crippen LogP contribution is -2.23. The summed E-state index contributed by atoms with van der Waals surface area (Å²) >= 11 is 1.82. The van der Waals surface area contributed by atoms with E-state index in [9.17, 15) is 0 Å². The Labute approximate surface area is 77.8 Å². The van der Waals surface area contributed by atoms with Gasteiger partial charge in [-0.05, 0) is 24.9 Å². The summed E-state index contributed by atoms with van der Waals surface area (Å²) in [6, 6.07) is 4.27. The minimum atomic E-state index is 0.714. The summed E-state index contributed by atoms with van der Waals surface area (Å²) in [6.45, 7) is 1.78. The SMILES string of the molecule is COCN(C)CCc1cccs1. The van der Waals surface area contributed by atoms with Gasteiger partial charge in [0.05, 0.1) is 6.73 Å². The fourth-order valence-electron chi connectivity index (χ4n) is 1.04. The minimum absolute atomic E-state index is 0.714. The molecule has 0 unspecified atom stereocenters. The Morgan fingerprint density at radius 3 is 3.00 bits per heavy atom. The summed E-state index contributed by atoms with van der Waals surface area (Å²) < 4.78 is 5.00. The lowest BCUT2D eigenvalue weighted by Gasteiger charge is -2.13. The summed E-state index contributed by atoms with van der Waals surface area (Å²) in [7, 11) is 3.79. The minimum Gasteiger partial charge on any atom is -0.369 e. The van der Waals surface area contributed by atoms with E-state index in [4.69, 9.17) is 4.74 Å². The molecule has 0 amide bonds. The molecule has 0 fully saturated rings. The third-order valence-electron chi connectivity index (χ3n) is 1.67. The van der Waals surface area contributed by atoms with Gasteiger partial charge in [-0.3, -0.25) is 4.90 Å². The molecule has 0 bridgehead atoms. The first-order chi connectivity index (χ1) is 5.83. The zero-order chi connectivity index (χ0) is 8.81. The Hall–Kier alpha value is -0.380. The molecule has 1 aromatic rings. The molecular weight excluding hydrogens is 170 g/mol. The Morgan fingerprint density at radius 1 is 1.58 bits per heavy atom. The van der Waals surface area contributed by atoms with E-state index in [0.29, 0.717) is 6.73 Å². The third-order valence-corrected chi connectivity index (χ3v) is 2.61. The van der Waals surface area contributed by atoms with E-state index in [0.717, 1.165) is 13.0 Å². The van der Waals surface area contributed by atoms with Crippen LogP contribution in [0.25, 0.3) is 0 Å². The Kier molecular flexibility index (Phi) is 4.29. The summed E-state index contributed by atoms with van der Waals surface area (Å²) in [5, 5.41) is 2.12. The Morgan fingerprint density at radius 2 is 2.42 bits per heavy atom. The van der Waals surface area contributed by atoms with Crippen LogP contribution in [0.4, 0.5) is 0 Å². The zero-order valence-electron chi connectivity index (χ0n) is 7.62. The molecule has 0 aliphatic rings. The van der Waals surface area contributed by atoms with E-state index in [2.05, 4.69) is 29.5 Å². The van der Waals surface area contributed by atoms with Gasteiger partial charge in [-0.15, -0.1) is 11.3 Å². The van der Waals surface area contributed by atoms with Gasteiger partial charge in [0.2, 0.25) is 0 Å². The highest BCUT2D eigenvalue weighted by atomic mass is 32.1. The monoisotopic (exact) mass is 185 g/mol. The molecule has 0 saturated heterocycles. The van der Waals surface area contributed by atoms with Crippen molar-refractivity contribution in [2.24, 2.45) is 0 Å². The van der Waals surface area contributed by atoms with Gasteiger partial charge in [-0.2, -0.15) is 0 Å². The molecule has 0 spiro atoms. The van der Waals surface area contributed by atoms with Gasteiger partial charge in [0.25, 0.3) is 0 Å². The standard InChI is InChI=1S/C9H15NOS/c1-10(8-11-2)6-5-9-4-3-7-12-9/h3-4,7H,5-6,8H2,1-2H3. The van der Waals surface area contributed by atoms with Gasteiger partial charge < -0.3 is 4.74 Å². The molecule has 2 nitrogen and oxygen atoms in total. The number of ether oxygens (including phenoxy) is 1. The number of rotatable bonds is 5. The van der Waals surface area contributed by atoms with Crippen molar-refractivity contribution in [2.75, 3.05) is 27.4 Å². The lowest BCUT2D eigenvalue weighted by atomic mass is 10.3. The molecule has 3 heteroatoms. The maximum Gasteiger partial charge on any atom is 0.0984 e. The molecule has 0 N–H and O–H groups in total. The first kappa shape index (κ1) is 9.71.